The highest BCUT2D eigenvalue weighted by Gasteiger charge is 2.12. The Hall–Kier alpha value is -2.47. The fraction of sp³-hybridized carbons (Fsp3) is 0. The van der Waals surface area contributed by atoms with E-state index in [4.69, 9.17) is 9.15 Å². The molecule has 0 N–H and O–H groups in total. The number of halogens is 1. The number of aromatic nitrogens is 2. The SMILES string of the molecule is O=C(Oc1ccc(-c2nnco2)cc1)c1ccccc1Br. The Kier molecular flexibility index (Phi) is 3.79. The number of carbonyl (C=O) groups excluding carboxylic acids is 1. The van der Waals surface area contributed by atoms with E-state index in [-0.39, 0.29) is 0 Å². The third-order valence-electron chi connectivity index (χ3n) is 2.77. The number of nitrogens with zero attached hydrogens (tertiary/aromatic N) is 2. The molecule has 0 bridgehead atoms. The molecule has 1 aromatic heterocycles. The molecule has 0 aliphatic rings. The topological polar surface area (TPSA) is 65.2 Å². The van der Waals surface area contributed by atoms with Crippen molar-refractivity contribution in [3.63, 3.8) is 0 Å². The Morgan fingerprint density at radius 1 is 1.10 bits per heavy atom. The molecular weight excluding hydrogens is 336 g/mol. The van der Waals surface area contributed by atoms with Gasteiger partial charge in [-0.1, -0.05) is 12.1 Å². The fourth-order valence-corrected chi connectivity index (χ4v) is 2.20. The molecule has 0 radical (unpaired) electrons. The van der Waals surface area contributed by atoms with Gasteiger partial charge in [-0.15, -0.1) is 10.2 Å². The van der Waals surface area contributed by atoms with Crippen molar-refractivity contribution in [1.82, 2.24) is 10.2 Å². The summed E-state index contributed by atoms with van der Waals surface area (Å²) in [6, 6.07) is 13.9. The lowest BCUT2D eigenvalue weighted by molar-refractivity contribution is 0.0734. The van der Waals surface area contributed by atoms with Crippen molar-refractivity contribution in [3.05, 3.63) is 65.0 Å². The average molecular weight is 345 g/mol. The summed E-state index contributed by atoms with van der Waals surface area (Å²) in [5.41, 5.74) is 1.23. The van der Waals surface area contributed by atoms with Crippen LogP contribution in [0.1, 0.15) is 10.4 Å². The fourth-order valence-electron chi connectivity index (χ4n) is 1.75. The van der Waals surface area contributed by atoms with Gasteiger partial charge in [0.1, 0.15) is 5.75 Å². The number of esters is 1. The Labute approximate surface area is 128 Å². The summed E-state index contributed by atoms with van der Waals surface area (Å²) in [4.78, 5) is 12.1. The van der Waals surface area contributed by atoms with Crippen LogP contribution in [0.15, 0.2) is 63.8 Å². The summed E-state index contributed by atoms with van der Waals surface area (Å²) in [7, 11) is 0. The molecule has 0 fully saturated rings. The molecule has 0 atom stereocenters. The second-order valence-electron chi connectivity index (χ2n) is 4.14. The van der Waals surface area contributed by atoms with Gasteiger partial charge in [-0.3, -0.25) is 0 Å². The van der Waals surface area contributed by atoms with Gasteiger partial charge in [0.05, 0.1) is 5.56 Å². The van der Waals surface area contributed by atoms with Crippen LogP contribution in [0.25, 0.3) is 11.5 Å². The molecule has 104 valence electrons. The highest BCUT2D eigenvalue weighted by Crippen LogP contribution is 2.22. The second-order valence-corrected chi connectivity index (χ2v) is 4.99. The van der Waals surface area contributed by atoms with E-state index < -0.39 is 5.97 Å². The quantitative estimate of drug-likeness (QED) is 0.535. The predicted molar refractivity (Wildman–Crippen MR) is 78.8 cm³/mol. The molecule has 21 heavy (non-hydrogen) atoms. The van der Waals surface area contributed by atoms with Crippen LogP contribution in [0.4, 0.5) is 0 Å². The van der Waals surface area contributed by atoms with Crippen molar-refractivity contribution in [2.24, 2.45) is 0 Å². The lowest BCUT2D eigenvalue weighted by Crippen LogP contribution is -2.09. The zero-order valence-electron chi connectivity index (χ0n) is 10.7. The van der Waals surface area contributed by atoms with Crippen LogP contribution < -0.4 is 4.74 Å². The first-order chi connectivity index (χ1) is 10.2. The maximum atomic E-state index is 12.1. The van der Waals surface area contributed by atoms with E-state index in [0.717, 1.165) is 5.56 Å². The second kappa shape index (κ2) is 5.88. The first kappa shape index (κ1) is 13.5. The number of carbonyl (C=O) groups is 1. The first-order valence-corrected chi connectivity index (χ1v) is 6.86. The van der Waals surface area contributed by atoms with Crippen molar-refractivity contribution in [2.45, 2.75) is 0 Å². The van der Waals surface area contributed by atoms with Gasteiger partial charge in [-0.2, -0.15) is 0 Å². The van der Waals surface area contributed by atoms with Crippen LogP contribution in [0.3, 0.4) is 0 Å². The number of ether oxygens (including phenoxy) is 1. The molecule has 0 saturated carbocycles. The molecule has 6 heteroatoms. The van der Waals surface area contributed by atoms with Gasteiger partial charge >= 0.3 is 5.97 Å². The lowest BCUT2D eigenvalue weighted by atomic mass is 10.2. The minimum absolute atomic E-state index is 0.415. The van der Waals surface area contributed by atoms with Crippen LogP contribution in [-0.4, -0.2) is 16.2 Å². The molecule has 0 aliphatic carbocycles. The average Bonchev–Trinajstić information content (AvgIpc) is 3.02. The highest BCUT2D eigenvalue weighted by molar-refractivity contribution is 9.10. The highest BCUT2D eigenvalue weighted by atomic mass is 79.9. The van der Waals surface area contributed by atoms with E-state index in [1.54, 1.807) is 42.5 Å². The Bertz CT molecular complexity index is 755. The van der Waals surface area contributed by atoms with Gasteiger partial charge in [0.25, 0.3) is 0 Å². The monoisotopic (exact) mass is 344 g/mol. The maximum Gasteiger partial charge on any atom is 0.344 e. The third kappa shape index (κ3) is 3.00. The van der Waals surface area contributed by atoms with Crippen molar-refractivity contribution in [3.8, 4) is 17.2 Å². The smallest absolute Gasteiger partial charge is 0.344 e. The molecule has 0 amide bonds. The first-order valence-electron chi connectivity index (χ1n) is 6.07. The molecule has 5 nitrogen and oxygen atoms in total. The molecule has 0 spiro atoms. The summed E-state index contributed by atoms with van der Waals surface area (Å²) < 4.78 is 11.1. The van der Waals surface area contributed by atoms with Crippen LogP contribution in [0, 0.1) is 0 Å². The number of hydrogen-bond donors (Lipinski definition) is 0. The number of benzene rings is 2. The molecule has 3 aromatic rings. The van der Waals surface area contributed by atoms with Crippen molar-refractivity contribution in [1.29, 1.82) is 0 Å². The standard InChI is InChI=1S/C15H9BrN2O3/c16-13-4-2-1-3-12(13)15(19)21-11-7-5-10(6-8-11)14-18-17-9-20-14/h1-9H. The van der Waals surface area contributed by atoms with Gasteiger partial charge in [0.2, 0.25) is 12.3 Å². The van der Waals surface area contributed by atoms with Crippen LogP contribution in [-0.2, 0) is 0 Å². The Morgan fingerprint density at radius 2 is 1.86 bits per heavy atom. The maximum absolute atomic E-state index is 12.1. The summed E-state index contributed by atoms with van der Waals surface area (Å²) in [5, 5.41) is 7.42. The van der Waals surface area contributed by atoms with Crippen molar-refractivity contribution < 1.29 is 13.9 Å². The third-order valence-corrected chi connectivity index (χ3v) is 3.46. The van der Waals surface area contributed by atoms with E-state index in [1.165, 1.54) is 6.39 Å². The molecule has 0 unspecified atom stereocenters. The van der Waals surface area contributed by atoms with Gasteiger partial charge < -0.3 is 9.15 Å². The summed E-state index contributed by atoms with van der Waals surface area (Å²) >= 11 is 3.32. The summed E-state index contributed by atoms with van der Waals surface area (Å²) in [6.07, 6.45) is 1.26. The number of hydrogen-bond acceptors (Lipinski definition) is 5. The molecule has 1 heterocycles. The van der Waals surface area contributed by atoms with E-state index in [1.807, 2.05) is 6.07 Å². The normalized spacial score (nSPS) is 10.3. The number of rotatable bonds is 3. The van der Waals surface area contributed by atoms with Gasteiger partial charge in [0.15, 0.2) is 0 Å². The van der Waals surface area contributed by atoms with E-state index in [0.29, 0.717) is 21.7 Å². The van der Waals surface area contributed by atoms with Crippen LogP contribution >= 0.6 is 15.9 Å². The van der Waals surface area contributed by atoms with Crippen LogP contribution in [0.5, 0.6) is 5.75 Å². The van der Waals surface area contributed by atoms with Gasteiger partial charge in [-0.05, 0) is 52.3 Å². The van der Waals surface area contributed by atoms with Crippen LogP contribution in [0.2, 0.25) is 0 Å². The zero-order valence-corrected chi connectivity index (χ0v) is 12.3. The summed E-state index contributed by atoms with van der Waals surface area (Å²) in [5.74, 6) is 0.436. The molecule has 2 aromatic carbocycles. The summed E-state index contributed by atoms with van der Waals surface area (Å²) in [6.45, 7) is 0. The van der Waals surface area contributed by atoms with E-state index in [2.05, 4.69) is 26.1 Å². The van der Waals surface area contributed by atoms with E-state index >= 15 is 0 Å². The van der Waals surface area contributed by atoms with Crippen molar-refractivity contribution in [2.75, 3.05) is 0 Å². The zero-order chi connectivity index (χ0) is 14.7. The molecule has 3 rings (SSSR count). The Balaban J connectivity index is 1.77. The molecule has 0 aliphatic heterocycles. The minimum Gasteiger partial charge on any atom is -0.423 e. The minimum atomic E-state index is -0.423. The van der Waals surface area contributed by atoms with Gasteiger partial charge in [0, 0.05) is 10.0 Å². The lowest BCUT2D eigenvalue weighted by Gasteiger charge is -2.06. The van der Waals surface area contributed by atoms with E-state index in [9.17, 15) is 4.79 Å². The van der Waals surface area contributed by atoms with Gasteiger partial charge in [-0.25, -0.2) is 4.79 Å². The molecule has 0 saturated heterocycles. The largest absolute Gasteiger partial charge is 0.423 e. The van der Waals surface area contributed by atoms with Crippen molar-refractivity contribution >= 4 is 21.9 Å². The molecular formula is C15H9BrN2O3. The Morgan fingerprint density at radius 3 is 2.52 bits per heavy atom. The predicted octanol–water partition coefficient (Wildman–Crippen LogP) is 3.72.